The molecule has 0 spiro atoms. The minimum atomic E-state index is -1.40. The summed E-state index contributed by atoms with van der Waals surface area (Å²) >= 11 is 0. The van der Waals surface area contributed by atoms with Crippen LogP contribution in [0.4, 0.5) is 4.39 Å². The second-order valence-electron chi connectivity index (χ2n) is 5.22. The molecule has 20 heavy (non-hydrogen) atoms. The van der Waals surface area contributed by atoms with Crippen molar-refractivity contribution < 1.29 is 18.7 Å². The molecule has 1 aliphatic rings. The van der Waals surface area contributed by atoms with Gasteiger partial charge in [-0.15, -0.1) is 0 Å². The zero-order valence-corrected chi connectivity index (χ0v) is 11.6. The second kappa shape index (κ2) is 5.61. The van der Waals surface area contributed by atoms with Gasteiger partial charge in [0.1, 0.15) is 0 Å². The van der Waals surface area contributed by atoms with E-state index < -0.39 is 18.2 Å². The Morgan fingerprint density at radius 1 is 1.50 bits per heavy atom. The highest BCUT2D eigenvalue weighted by molar-refractivity contribution is 5.89. The Morgan fingerprint density at radius 3 is 2.70 bits per heavy atom. The van der Waals surface area contributed by atoms with Crippen LogP contribution in [0.25, 0.3) is 0 Å². The lowest BCUT2D eigenvalue weighted by Crippen LogP contribution is -2.44. The molecule has 0 N–H and O–H groups in total. The van der Waals surface area contributed by atoms with Gasteiger partial charge >= 0.3 is 0 Å². The van der Waals surface area contributed by atoms with Crippen LogP contribution >= 0.6 is 0 Å². The second-order valence-corrected chi connectivity index (χ2v) is 5.22. The van der Waals surface area contributed by atoms with Gasteiger partial charge in [-0.05, 0) is 19.4 Å². The summed E-state index contributed by atoms with van der Waals surface area (Å²) < 4.78 is 18.1. The van der Waals surface area contributed by atoms with Crippen LogP contribution < -0.4 is 0 Å². The first-order chi connectivity index (χ1) is 9.54. The molecule has 4 nitrogen and oxygen atoms in total. The van der Waals surface area contributed by atoms with E-state index in [1.807, 2.05) is 37.3 Å². The Balaban J connectivity index is 2.26. The normalized spacial score (nSPS) is 27.4. The SMILES string of the molecule is C[C@H](c1ccccc1)N1C[C@@H](CF)[C@@](C)(OC=O)C1=O. The lowest BCUT2D eigenvalue weighted by Gasteiger charge is -2.27. The predicted octanol–water partition coefficient (Wildman–Crippen LogP) is 2.11. The number of benzene rings is 1. The Labute approximate surface area is 117 Å². The topological polar surface area (TPSA) is 46.6 Å². The molecule has 1 aliphatic heterocycles. The van der Waals surface area contributed by atoms with Crippen molar-refractivity contribution in [2.45, 2.75) is 25.5 Å². The molecule has 1 heterocycles. The van der Waals surface area contributed by atoms with Gasteiger partial charge < -0.3 is 9.64 Å². The van der Waals surface area contributed by atoms with Gasteiger partial charge in [-0.2, -0.15) is 0 Å². The molecule has 108 valence electrons. The van der Waals surface area contributed by atoms with E-state index in [-0.39, 0.29) is 25.0 Å². The molecule has 1 amide bonds. The third-order valence-electron chi connectivity index (χ3n) is 4.11. The maximum Gasteiger partial charge on any atom is 0.294 e. The molecule has 1 aromatic rings. The Kier molecular flexibility index (Phi) is 4.06. The number of ether oxygens (including phenoxy) is 1. The lowest BCUT2D eigenvalue weighted by molar-refractivity contribution is -0.160. The van der Waals surface area contributed by atoms with Crippen LogP contribution in [0.5, 0.6) is 0 Å². The number of rotatable bonds is 5. The van der Waals surface area contributed by atoms with E-state index >= 15 is 0 Å². The molecule has 0 unspecified atom stereocenters. The molecule has 0 radical (unpaired) electrons. The summed E-state index contributed by atoms with van der Waals surface area (Å²) in [5.41, 5.74) is -0.437. The van der Waals surface area contributed by atoms with Gasteiger partial charge in [0, 0.05) is 6.54 Å². The average molecular weight is 279 g/mol. The van der Waals surface area contributed by atoms with Crippen LogP contribution in [0, 0.1) is 5.92 Å². The van der Waals surface area contributed by atoms with Crippen LogP contribution in [-0.4, -0.2) is 36.1 Å². The van der Waals surface area contributed by atoms with E-state index in [2.05, 4.69) is 0 Å². The van der Waals surface area contributed by atoms with Crippen molar-refractivity contribution in [3.8, 4) is 0 Å². The monoisotopic (exact) mass is 279 g/mol. The highest BCUT2D eigenvalue weighted by atomic mass is 19.1. The number of hydrogen-bond donors (Lipinski definition) is 0. The van der Waals surface area contributed by atoms with Crippen molar-refractivity contribution in [2.75, 3.05) is 13.2 Å². The summed E-state index contributed by atoms with van der Waals surface area (Å²) in [5, 5.41) is 0. The maximum absolute atomic E-state index is 13.2. The largest absolute Gasteiger partial charge is 0.451 e. The first-order valence-corrected chi connectivity index (χ1v) is 6.58. The smallest absolute Gasteiger partial charge is 0.294 e. The number of halogens is 1. The van der Waals surface area contributed by atoms with Crippen molar-refractivity contribution in [2.24, 2.45) is 5.92 Å². The summed E-state index contributed by atoms with van der Waals surface area (Å²) in [7, 11) is 0. The summed E-state index contributed by atoms with van der Waals surface area (Å²) in [6.45, 7) is 3.13. The fourth-order valence-corrected chi connectivity index (χ4v) is 2.64. The highest BCUT2D eigenvalue weighted by Crippen LogP contribution is 2.37. The minimum absolute atomic E-state index is 0.185. The van der Waals surface area contributed by atoms with Gasteiger partial charge in [0.05, 0.1) is 18.6 Å². The van der Waals surface area contributed by atoms with Crippen LogP contribution in [0.3, 0.4) is 0 Å². The number of likely N-dealkylation sites (tertiary alicyclic amines) is 1. The number of alkyl halides is 1. The zero-order chi connectivity index (χ0) is 14.8. The van der Waals surface area contributed by atoms with Crippen molar-refractivity contribution >= 4 is 12.4 Å². The molecule has 0 saturated carbocycles. The molecular formula is C15H18FNO3. The van der Waals surface area contributed by atoms with Crippen LogP contribution in [0.2, 0.25) is 0 Å². The molecule has 3 atom stereocenters. The number of hydrogen-bond acceptors (Lipinski definition) is 3. The van der Waals surface area contributed by atoms with Crippen LogP contribution in [0.15, 0.2) is 30.3 Å². The predicted molar refractivity (Wildman–Crippen MR) is 71.6 cm³/mol. The van der Waals surface area contributed by atoms with Gasteiger partial charge in [-0.3, -0.25) is 14.0 Å². The van der Waals surface area contributed by atoms with Crippen molar-refractivity contribution in [3.63, 3.8) is 0 Å². The summed E-state index contributed by atoms with van der Waals surface area (Å²) in [5.74, 6) is -0.977. The van der Waals surface area contributed by atoms with Gasteiger partial charge in [0.15, 0.2) is 5.60 Å². The van der Waals surface area contributed by atoms with Gasteiger partial charge in [-0.1, -0.05) is 30.3 Å². The fraction of sp³-hybridized carbons (Fsp3) is 0.467. The number of carbonyl (C=O) groups excluding carboxylic acids is 2. The maximum atomic E-state index is 13.2. The third-order valence-corrected chi connectivity index (χ3v) is 4.11. The van der Waals surface area contributed by atoms with Crippen LogP contribution in [0.1, 0.15) is 25.5 Å². The molecule has 0 aliphatic carbocycles. The molecule has 1 fully saturated rings. The summed E-state index contributed by atoms with van der Waals surface area (Å²) in [6.07, 6.45) is 0. The average Bonchev–Trinajstić information content (AvgIpc) is 2.72. The van der Waals surface area contributed by atoms with Gasteiger partial charge in [0.2, 0.25) is 0 Å². The molecule has 0 bridgehead atoms. The minimum Gasteiger partial charge on any atom is -0.451 e. The molecule has 5 heteroatoms. The molecule has 1 saturated heterocycles. The molecule has 2 rings (SSSR count). The van der Waals surface area contributed by atoms with Gasteiger partial charge in [0.25, 0.3) is 12.4 Å². The van der Waals surface area contributed by atoms with E-state index in [0.717, 1.165) is 5.56 Å². The Hall–Kier alpha value is -1.91. The first kappa shape index (κ1) is 14.5. The van der Waals surface area contributed by atoms with Gasteiger partial charge in [-0.25, -0.2) is 0 Å². The third kappa shape index (κ3) is 2.28. The van der Waals surface area contributed by atoms with Crippen molar-refractivity contribution in [3.05, 3.63) is 35.9 Å². The quantitative estimate of drug-likeness (QED) is 0.775. The number of carbonyl (C=O) groups is 2. The lowest BCUT2D eigenvalue weighted by atomic mass is 9.93. The van der Waals surface area contributed by atoms with Crippen LogP contribution in [-0.2, 0) is 14.3 Å². The number of amides is 1. The van der Waals surface area contributed by atoms with Crippen molar-refractivity contribution in [1.29, 1.82) is 0 Å². The first-order valence-electron chi connectivity index (χ1n) is 6.58. The van der Waals surface area contributed by atoms with E-state index in [1.54, 1.807) is 4.90 Å². The highest BCUT2D eigenvalue weighted by Gasteiger charge is 2.54. The number of nitrogens with zero attached hydrogens (tertiary/aromatic N) is 1. The standard InChI is InChI=1S/C15H18FNO3/c1-11(12-6-4-3-5-7-12)17-9-13(8-16)15(2,14(17)19)20-10-18/h3-7,10-11,13H,8-9H2,1-2H3/t11-,13-,15-/m1/s1. The fourth-order valence-electron chi connectivity index (χ4n) is 2.64. The molecular weight excluding hydrogens is 261 g/mol. The van der Waals surface area contributed by atoms with E-state index in [0.29, 0.717) is 0 Å². The van der Waals surface area contributed by atoms with E-state index in [4.69, 9.17) is 4.74 Å². The molecule has 1 aromatic carbocycles. The van der Waals surface area contributed by atoms with Crippen molar-refractivity contribution in [1.82, 2.24) is 4.90 Å². The Bertz CT molecular complexity index is 493. The zero-order valence-electron chi connectivity index (χ0n) is 11.6. The van der Waals surface area contributed by atoms with E-state index in [1.165, 1.54) is 6.92 Å². The summed E-state index contributed by atoms with van der Waals surface area (Å²) in [6, 6.07) is 9.32. The van der Waals surface area contributed by atoms with E-state index in [9.17, 15) is 14.0 Å². The Morgan fingerprint density at radius 2 is 2.15 bits per heavy atom. The molecule has 0 aromatic heterocycles. The summed E-state index contributed by atoms with van der Waals surface area (Å²) in [4.78, 5) is 24.7.